The Kier molecular flexibility index (Phi) is 4.70. The summed E-state index contributed by atoms with van der Waals surface area (Å²) in [4.78, 5) is 24.0. The molecule has 1 aromatic carbocycles. The van der Waals surface area contributed by atoms with E-state index in [1.807, 2.05) is 30.3 Å². The number of benzene rings is 1. The molecule has 1 aliphatic rings. The van der Waals surface area contributed by atoms with E-state index in [0.29, 0.717) is 0 Å². The molecule has 1 heterocycles. The lowest BCUT2D eigenvalue weighted by Crippen LogP contribution is -2.45. The van der Waals surface area contributed by atoms with Crippen LogP contribution < -0.4 is 0 Å². The molecule has 0 radical (unpaired) electrons. The highest BCUT2D eigenvalue weighted by Gasteiger charge is 2.37. The topological polar surface area (TPSA) is 87.1 Å². The Balaban J connectivity index is 1.90. The van der Waals surface area contributed by atoms with Crippen molar-refractivity contribution in [3.63, 3.8) is 0 Å². The fourth-order valence-electron chi connectivity index (χ4n) is 2.17. The fourth-order valence-corrected chi connectivity index (χ4v) is 2.17. The summed E-state index contributed by atoms with van der Waals surface area (Å²) in [5.74, 6) is -1.48. The lowest BCUT2D eigenvalue weighted by molar-refractivity contribution is -0.151. The highest BCUT2D eigenvalue weighted by molar-refractivity contribution is 5.85. The van der Waals surface area contributed by atoms with Gasteiger partial charge in [-0.2, -0.15) is 0 Å². The molecule has 1 amide bonds. The van der Waals surface area contributed by atoms with Crippen molar-refractivity contribution >= 4 is 11.9 Å². The number of likely N-dealkylation sites (tertiary alicyclic amines) is 1. The van der Waals surface area contributed by atoms with Gasteiger partial charge in [-0.1, -0.05) is 30.3 Å². The average molecular weight is 279 g/mol. The predicted molar refractivity (Wildman–Crippen MR) is 69.9 cm³/mol. The molecule has 108 valence electrons. The van der Waals surface area contributed by atoms with Gasteiger partial charge in [0.25, 0.3) is 0 Å². The molecule has 20 heavy (non-hydrogen) atoms. The van der Waals surface area contributed by atoms with Crippen molar-refractivity contribution < 1.29 is 24.5 Å². The maximum atomic E-state index is 11.6. The van der Waals surface area contributed by atoms with Crippen LogP contribution in [0.4, 0.5) is 0 Å². The Morgan fingerprint density at radius 1 is 1.40 bits per heavy atom. The summed E-state index contributed by atoms with van der Waals surface area (Å²) in [5, 5.41) is 18.6. The van der Waals surface area contributed by atoms with Crippen LogP contribution in [0.5, 0.6) is 0 Å². The maximum Gasteiger partial charge on any atom is 0.328 e. The van der Waals surface area contributed by atoms with Crippen LogP contribution in [-0.4, -0.2) is 52.3 Å². The largest absolute Gasteiger partial charge is 0.480 e. The van der Waals surface area contributed by atoms with Crippen molar-refractivity contribution in [2.24, 2.45) is 0 Å². The zero-order valence-electron chi connectivity index (χ0n) is 10.9. The molecule has 2 N–H and O–H groups in total. The predicted octanol–water partition coefficient (Wildman–Crippen LogP) is 0.250. The Hall–Kier alpha value is -1.92. The lowest BCUT2D eigenvalue weighted by Gasteiger charge is -2.24. The number of β-amino-alcohol motifs (C(OH)–C–C–N with tert-alkyl or cyclic N) is 1. The summed E-state index contributed by atoms with van der Waals surface area (Å²) in [6.07, 6.45) is -0.818. The van der Waals surface area contributed by atoms with Gasteiger partial charge in [0.2, 0.25) is 5.91 Å². The number of carbonyl (C=O) groups is 2. The number of hydrogen-bond acceptors (Lipinski definition) is 4. The molecule has 1 saturated heterocycles. The number of hydrogen-bond donors (Lipinski definition) is 2. The number of aliphatic carboxylic acids is 1. The van der Waals surface area contributed by atoms with Crippen molar-refractivity contribution in [3.05, 3.63) is 35.9 Å². The van der Waals surface area contributed by atoms with E-state index < -0.39 is 18.1 Å². The molecule has 1 unspecified atom stereocenters. The van der Waals surface area contributed by atoms with Crippen molar-refractivity contribution in [2.75, 3.05) is 13.2 Å². The van der Waals surface area contributed by atoms with Crippen LogP contribution in [0.2, 0.25) is 0 Å². The Morgan fingerprint density at radius 2 is 2.10 bits per heavy atom. The Morgan fingerprint density at radius 3 is 2.65 bits per heavy atom. The fraction of sp³-hybridized carbons (Fsp3) is 0.429. The third-order valence-electron chi connectivity index (χ3n) is 3.19. The third-order valence-corrected chi connectivity index (χ3v) is 3.19. The molecule has 1 aromatic rings. The quantitative estimate of drug-likeness (QED) is 0.779. The zero-order valence-corrected chi connectivity index (χ0v) is 10.9. The smallest absolute Gasteiger partial charge is 0.328 e. The van der Waals surface area contributed by atoms with E-state index in [1.165, 1.54) is 0 Å². The van der Waals surface area contributed by atoms with Gasteiger partial charge in [0.1, 0.15) is 0 Å². The van der Waals surface area contributed by atoms with Gasteiger partial charge in [0, 0.05) is 6.54 Å². The number of ether oxygens (including phenoxy) is 1. The number of aliphatic hydroxyl groups is 1. The first kappa shape index (κ1) is 14.5. The van der Waals surface area contributed by atoms with Gasteiger partial charge < -0.3 is 19.8 Å². The minimum absolute atomic E-state index is 0.0253. The molecule has 0 saturated carbocycles. The van der Waals surface area contributed by atoms with Crippen LogP contribution in [0.3, 0.4) is 0 Å². The number of nitrogens with zero attached hydrogens (tertiary/aromatic N) is 1. The van der Waals surface area contributed by atoms with E-state index in [1.54, 1.807) is 0 Å². The van der Waals surface area contributed by atoms with Crippen LogP contribution in [-0.2, 0) is 20.9 Å². The molecule has 1 aliphatic heterocycles. The van der Waals surface area contributed by atoms with E-state index in [9.17, 15) is 19.8 Å². The standard InChI is InChI=1S/C14H17NO5/c16-11-6-13(17)15(7-11)12(14(18)19)9-20-8-10-4-2-1-3-5-10/h1-5,11-12,16H,6-9H2,(H,18,19)/t11?,12-/m0/s1. The molecule has 6 nitrogen and oxygen atoms in total. The van der Waals surface area contributed by atoms with Crippen molar-refractivity contribution in [1.82, 2.24) is 4.90 Å². The van der Waals surface area contributed by atoms with E-state index in [0.717, 1.165) is 10.5 Å². The number of amides is 1. The van der Waals surface area contributed by atoms with Crippen molar-refractivity contribution in [2.45, 2.75) is 25.2 Å². The molecule has 0 aliphatic carbocycles. The second-order valence-corrected chi connectivity index (χ2v) is 4.76. The number of carboxylic acid groups (broad SMARTS) is 1. The minimum atomic E-state index is -1.12. The Bertz CT molecular complexity index is 476. The highest BCUT2D eigenvalue weighted by Crippen LogP contribution is 2.15. The van der Waals surface area contributed by atoms with E-state index in [2.05, 4.69) is 0 Å². The van der Waals surface area contributed by atoms with Crippen molar-refractivity contribution in [3.8, 4) is 0 Å². The van der Waals surface area contributed by atoms with Gasteiger partial charge >= 0.3 is 5.97 Å². The third kappa shape index (κ3) is 3.55. The molecule has 2 atom stereocenters. The summed E-state index contributed by atoms with van der Waals surface area (Å²) in [6, 6.07) is 8.32. The Labute approximate surface area is 116 Å². The summed E-state index contributed by atoms with van der Waals surface area (Å²) < 4.78 is 5.38. The van der Waals surface area contributed by atoms with Gasteiger partial charge in [0.05, 0.1) is 25.7 Å². The normalized spacial score (nSPS) is 20.1. The SMILES string of the molecule is O=C(O)[C@H](COCc1ccccc1)N1CC(O)CC1=O. The van der Waals surface area contributed by atoms with Gasteiger partial charge in [0.15, 0.2) is 6.04 Å². The highest BCUT2D eigenvalue weighted by atomic mass is 16.5. The average Bonchev–Trinajstić information content (AvgIpc) is 2.74. The van der Waals surface area contributed by atoms with Gasteiger partial charge in [-0.25, -0.2) is 4.79 Å². The molecule has 0 aromatic heterocycles. The first-order valence-corrected chi connectivity index (χ1v) is 6.40. The molecular weight excluding hydrogens is 262 g/mol. The molecular formula is C14H17NO5. The molecule has 1 fully saturated rings. The first-order chi connectivity index (χ1) is 9.58. The maximum absolute atomic E-state index is 11.6. The molecule has 6 heteroatoms. The molecule has 0 spiro atoms. The van der Waals surface area contributed by atoms with Crippen LogP contribution >= 0.6 is 0 Å². The number of aliphatic hydroxyl groups excluding tert-OH is 1. The zero-order chi connectivity index (χ0) is 14.5. The summed E-state index contributed by atoms with van der Waals surface area (Å²) in [6.45, 7) is 0.238. The second kappa shape index (κ2) is 6.49. The molecule has 0 bridgehead atoms. The van der Waals surface area contributed by atoms with Gasteiger partial charge in [-0.05, 0) is 5.56 Å². The number of carbonyl (C=O) groups excluding carboxylic acids is 1. The second-order valence-electron chi connectivity index (χ2n) is 4.76. The summed E-state index contributed by atoms with van der Waals surface area (Å²) in [5.41, 5.74) is 0.935. The van der Waals surface area contributed by atoms with Crippen LogP contribution in [0.25, 0.3) is 0 Å². The van der Waals surface area contributed by atoms with Gasteiger partial charge in [-0.3, -0.25) is 4.79 Å². The van der Waals surface area contributed by atoms with Gasteiger partial charge in [-0.15, -0.1) is 0 Å². The van der Waals surface area contributed by atoms with Crippen LogP contribution in [0, 0.1) is 0 Å². The van der Waals surface area contributed by atoms with E-state index in [-0.39, 0.29) is 32.1 Å². The van der Waals surface area contributed by atoms with E-state index in [4.69, 9.17) is 4.74 Å². The van der Waals surface area contributed by atoms with Crippen molar-refractivity contribution in [1.29, 1.82) is 0 Å². The number of carboxylic acids is 1. The minimum Gasteiger partial charge on any atom is -0.480 e. The lowest BCUT2D eigenvalue weighted by atomic mass is 10.2. The first-order valence-electron chi connectivity index (χ1n) is 6.40. The summed E-state index contributed by atoms with van der Waals surface area (Å²) in [7, 11) is 0. The number of rotatable bonds is 6. The van der Waals surface area contributed by atoms with Crippen LogP contribution in [0.15, 0.2) is 30.3 Å². The van der Waals surface area contributed by atoms with E-state index >= 15 is 0 Å². The van der Waals surface area contributed by atoms with Crippen LogP contribution in [0.1, 0.15) is 12.0 Å². The monoisotopic (exact) mass is 279 g/mol. The molecule has 2 rings (SSSR count). The summed E-state index contributed by atoms with van der Waals surface area (Å²) >= 11 is 0.